The summed E-state index contributed by atoms with van der Waals surface area (Å²) in [6.45, 7) is 5.26. The summed E-state index contributed by atoms with van der Waals surface area (Å²) < 4.78 is 27.4. The number of sulfonamides is 1. The first-order valence-electron chi connectivity index (χ1n) is 5.62. The maximum Gasteiger partial charge on any atom is 0.252 e. The number of halogens is 1. The standard InChI is InChI=1S/C12H17BrN2O3S/c1-12(2,3)15-19(17,18)8-5-6-10(13)9(7-8)11(16)14-4/h5-7,15H,1-4H3,(H,14,16). The molecule has 0 saturated heterocycles. The predicted octanol–water partition coefficient (Wildman–Crippen LogP) is 1.89. The van der Waals surface area contributed by atoms with Crippen LogP contribution in [0, 0.1) is 0 Å². The molecule has 0 aromatic heterocycles. The van der Waals surface area contributed by atoms with Crippen LogP contribution in [0.1, 0.15) is 31.1 Å². The molecule has 1 aromatic carbocycles. The third-order valence-corrected chi connectivity index (χ3v) is 4.61. The monoisotopic (exact) mass is 348 g/mol. The molecule has 5 nitrogen and oxygen atoms in total. The van der Waals surface area contributed by atoms with Crippen LogP contribution in [-0.2, 0) is 10.0 Å². The molecule has 1 rings (SSSR count). The van der Waals surface area contributed by atoms with E-state index in [1.54, 1.807) is 26.8 Å². The number of rotatable bonds is 3. The molecule has 2 N–H and O–H groups in total. The molecular formula is C12H17BrN2O3S. The van der Waals surface area contributed by atoms with E-state index in [4.69, 9.17) is 0 Å². The van der Waals surface area contributed by atoms with Crippen molar-refractivity contribution in [2.24, 2.45) is 0 Å². The van der Waals surface area contributed by atoms with E-state index in [9.17, 15) is 13.2 Å². The first-order chi connectivity index (χ1) is 8.57. The third kappa shape index (κ3) is 4.29. The van der Waals surface area contributed by atoms with Gasteiger partial charge in [0, 0.05) is 17.1 Å². The van der Waals surface area contributed by atoms with Crippen molar-refractivity contribution in [3.05, 3.63) is 28.2 Å². The Balaban J connectivity index is 3.26. The van der Waals surface area contributed by atoms with E-state index in [1.165, 1.54) is 19.2 Å². The number of hydrogen-bond donors (Lipinski definition) is 2. The van der Waals surface area contributed by atoms with E-state index in [1.807, 2.05) is 0 Å². The summed E-state index contributed by atoms with van der Waals surface area (Å²) in [5.41, 5.74) is -0.307. The van der Waals surface area contributed by atoms with Crippen LogP contribution >= 0.6 is 15.9 Å². The Hall–Kier alpha value is -0.920. The van der Waals surface area contributed by atoms with E-state index < -0.39 is 15.6 Å². The zero-order valence-corrected chi connectivity index (χ0v) is 13.6. The van der Waals surface area contributed by atoms with Crippen molar-refractivity contribution >= 4 is 31.9 Å². The zero-order chi connectivity index (χ0) is 14.8. The fraction of sp³-hybridized carbons (Fsp3) is 0.417. The summed E-state index contributed by atoms with van der Waals surface area (Å²) in [7, 11) is -2.16. The average molecular weight is 349 g/mol. The summed E-state index contributed by atoms with van der Waals surface area (Å²) in [6, 6.07) is 4.34. The van der Waals surface area contributed by atoms with Gasteiger partial charge in [-0.3, -0.25) is 4.79 Å². The highest BCUT2D eigenvalue weighted by molar-refractivity contribution is 9.10. The molecule has 0 unspecified atom stereocenters. The number of hydrogen-bond acceptors (Lipinski definition) is 3. The molecule has 1 aromatic rings. The van der Waals surface area contributed by atoms with Crippen molar-refractivity contribution in [2.45, 2.75) is 31.2 Å². The molecule has 0 saturated carbocycles. The Morgan fingerprint density at radius 3 is 2.32 bits per heavy atom. The number of carbonyl (C=O) groups is 1. The van der Waals surface area contributed by atoms with Gasteiger partial charge in [0.1, 0.15) is 0 Å². The van der Waals surface area contributed by atoms with E-state index in [-0.39, 0.29) is 16.4 Å². The Labute approximate surface area is 122 Å². The predicted molar refractivity (Wildman–Crippen MR) is 77.6 cm³/mol. The Morgan fingerprint density at radius 2 is 1.84 bits per heavy atom. The van der Waals surface area contributed by atoms with Crippen molar-refractivity contribution in [3.8, 4) is 0 Å². The van der Waals surface area contributed by atoms with Crippen LogP contribution in [-0.4, -0.2) is 26.9 Å². The largest absolute Gasteiger partial charge is 0.355 e. The molecule has 0 spiro atoms. The highest BCUT2D eigenvalue weighted by atomic mass is 79.9. The fourth-order valence-electron chi connectivity index (χ4n) is 1.44. The van der Waals surface area contributed by atoms with Gasteiger partial charge in [0.15, 0.2) is 0 Å². The van der Waals surface area contributed by atoms with Crippen LogP contribution in [0.5, 0.6) is 0 Å². The molecule has 0 heterocycles. The van der Waals surface area contributed by atoms with Crippen LogP contribution in [0.2, 0.25) is 0 Å². The number of benzene rings is 1. The molecule has 7 heteroatoms. The van der Waals surface area contributed by atoms with Gasteiger partial charge < -0.3 is 5.32 Å². The Bertz CT molecular complexity index is 591. The second-order valence-corrected chi connectivity index (χ2v) is 7.61. The molecule has 0 aliphatic rings. The van der Waals surface area contributed by atoms with Gasteiger partial charge in [-0.1, -0.05) is 0 Å². The minimum Gasteiger partial charge on any atom is -0.355 e. The summed E-state index contributed by atoms with van der Waals surface area (Å²) in [5, 5.41) is 2.46. The van der Waals surface area contributed by atoms with Gasteiger partial charge in [0.25, 0.3) is 5.91 Å². The van der Waals surface area contributed by atoms with Crippen LogP contribution in [0.4, 0.5) is 0 Å². The number of nitrogens with one attached hydrogen (secondary N) is 2. The van der Waals surface area contributed by atoms with Crippen LogP contribution in [0.3, 0.4) is 0 Å². The highest BCUT2D eigenvalue weighted by Gasteiger charge is 2.23. The van der Waals surface area contributed by atoms with E-state index in [0.29, 0.717) is 4.47 Å². The van der Waals surface area contributed by atoms with Crippen LogP contribution < -0.4 is 10.0 Å². The smallest absolute Gasteiger partial charge is 0.252 e. The topological polar surface area (TPSA) is 75.3 Å². The minimum atomic E-state index is -3.65. The van der Waals surface area contributed by atoms with Crippen molar-refractivity contribution in [1.82, 2.24) is 10.0 Å². The van der Waals surface area contributed by atoms with Gasteiger partial charge in [-0.2, -0.15) is 0 Å². The molecule has 0 aliphatic heterocycles. The first kappa shape index (κ1) is 16.1. The molecule has 0 atom stereocenters. The molecule has 0 fully saturated rings. The molecule has 0 radical (unpaired) electrons. The molecule has 106 valence electrons. The van der Waals surface area contributed by atoms with Gasteiger partial charge in [0.05, 0.1) is 10.5 Å². The number of amides is 1. The van der Waals surface area contributed by atoms with E-state index in [2.05, 4.69) is 26.0 Å². The Morgan fingerprint density at radius 1 is 1.26 bits per heavy atom. The van der Waals surface area contributed by atoms with Gasteiger partial charge in [-0.05, 0) is 54.9 Å². The second-order valence-electron chi connectivity index (χ2n) is 5.08. The lowest BCUT2D eigenvalue weighted by molar-refractivity contribution is 0.0962. The van der Waals surface area contributed by atoms with E-state index >= 15 is 0 Å². The highest BCUT2D eigenvalue weighted by Crippen LogP contribution is 2.22. The van der Waals surface area contributed by atoms with Crippen LogP contribution in [0.25, 0.3) is 0 Å². The van der Waals surface area contributed by atoms with E-state index in [0.717, 1.165) is 0 Å². The fourth-order valence-corrected chi connectivity index (χ4v) is 3.31. The van der Waals surface area contributed by atoms with Crippen molar-refractivity contribution in [3.63, 3.8) is 0 Å². The summed E-state index contributed by atoms with van der Waals surface area (Å²) in [4.78, 5) is 11.7. The zero-order valence-electron chi connectivity index (χ0n) is 11.2. The normalized spacial score (nSPS) is 12.3. The quantitative estimate of drug-likeness (QED) is 0.875. The van der Waals surface area contributed by atoms with Gasteiger partial charge in [0.2, 0.25) is 10.0 Å². The molecule has 0 bridgehead atoms. The van der Waals surface area contributed by atoms with Gasteiger partial charge in [-0.15, -0.1) is 0 Å². The average Bonchev–Trinajstić information content (AvgIpc) is 2.25. The maximum atomic E-state index is 12.2. The minimum absolute atomic E-state index is 0.0595. The van der Waals surface area contributed by atoms with Crippen molar-refractivity contribution in [1.29, 1.82) is 0 Å². The van der Waals surface area contributed by atoms with Crippen molar-refractivity contribution < 1.29 is 13.2 Å². The van der Waals surface area contributed by atoms with Crippen molar-refractivity contribution in [2.75, 3.05) is 7.05 Å². The maximum absolute atomic E-state index is 12.2. The van der Waals surface area contributed by atoms with Gasteiger partial charge in [-0.25, -0.2) is 13.1 Å². The second kappa shape index (κ2) is 5.60. The molecular weight excluding hydrogens is 332 g/mol. The summed E-state index contributed by atoms with van der Waals surface area (Å²) in [6.07, 6.45) is 0. The molecule has 19 heavy (non-hydrogen) atoms. The first-order valence-corrected chi connectivity index (χ1v) is 7.90. The lowest BCUT2D eigenvalue weighted by Gasteiger charge is -2.20. The summed E-state index contributed by atoms with van der Waals surface area (Å²) in [5.74, 6) is -0.348. The Kier molecular flexibility index (Phi) is 4.76. The molecule has 1 amide bonds. The third-order valence-electron chi connectivity index (χ3n) is 2.16. The lowest BCUT2D eigenvalue weighted by Crippen LogP contribution is -2.40. The number of carbonyl (C=O) groups excluding carboxylic acids is 1. The lowest BCUT2D eigenvalue weighted by atomic mass is 10.1. The summed E-state index contributed by atoms with van der Waals surface area (Å²) >= 11 is 3.22. The molecule has 0 aliphatic carbocycles. The van der Waals surface area contributed by atoms with Crippen LogP contribution in [0.15, 0.2) is 27.6 Å². The SMILES string of the molecule is CNC(=O)c1cc(S(=O)(=O)NC(C)(C)C)ccc1Br. The van der Waals surface area contributed by atoms with Gasteiger partial charge >= 0.3 is 0 Å².